The molecule has 1 aliphatic rings. The Morgan fingerprint density at radius 2 is 1.90 bits per heavy atom. The van der Waals surface area contributed by atoms with E-state index in [-0.39, 0.29) is 11.5 Å². The Labute approximate surface area is 180 Å². The number of fused-ring (bicyclic) bond motifs is 1. The second-order valence-corrected chi connectivity index (χ2v) is 8.41. The van der Waals surface area contributed by atoms with Gasteiger partial charge in [0, 0.05) is 60.8 Å². The molecule has 3 heterocycles. The van der Waals surface area contributed by atoms with E-state index in [2.05, 4.69) is 39.4 Å². The molecule has 0 unspecified atom stereocenters. The zero-order chi connectivity index (χ0) is 20.9. The number of thiophene rings is 1. The maximum absolute atomic E-state index is 12.1. The number of hydrogen-bond donors (Lipinski definition) is 0. The summed E-state index contributed by atoms with van der Waals surface area (Å²) in [7, 11) is 0. The van der Waals surface area contributed by atoms with Crippen LogP contribution in [0.3, 0.4) is 0 Å². The molecule has 4 rings (SSSR count). The molecule has 0 bridgehead atoms. The molecule has 1 aromatic carbocycles. The van der Waals surface area contributed by atoms with E-state index in [1.165, 1.54) is 27.9 Å². The van der Waals surface area contributed by atoms with Crippen LogP contribution in [0, 0.1) is 0 Å². The number of hydrogen-bond acceptors (Lipinski definition) is 6. The molecule has 1 aliphatic heterocycles. The summed E-state index contributed by atoms with van der Waals surface area (Å²) in [5.41, 5.74) is 1.67. The van der Waals surface area contributed by atoms with Gasteiger partial charge in [0.15, 0.2) is 0 Å². The molecule has 3 aromatic rings. The third-order valence-corrected chi connectivity index (χ3v) is 6.44. The number of rotatable bonds is 7. The van der Waals surface area contributed by atoms with Crippen LogP contribution in [0.1, 0.15) is 23.7 Å². The van der Waals surface area contributed by atoms with E-state index in [0.717, 1.165) is 39.1 Å². The first-order chi connectivity index (χ1) is 14.7. The molecule has 6 nitrogen and oxygen atoms in total. The number of aromatic nitrogens is 1. The Bertz CT molecular complexity index is 1070. The van der Waals surface area contributed by atoms with Crippen LogP contribution in [0.2, 0.25) is 0 Å². The van der Waals surface area contributed by atoms with Crippen molar-refractivity contribution in [1.82, 2.24) is 9.47 Å². The second kappa shape index (κ2) is 9.45. The van der Waals surface area contributed by atoms with Gasteiger partial charge in [-0.1, -0.05) is 6.07 Å². The van der Waals surface area contributed by atoms with Crippen LogP contribution in [-0.4, -0.2) is 54.8 Å². The number of benzene rings is 1. The minimum Gasteiger partial charge on any atom is -0.462 e. The zero-order valence-electron chi connectivity index (χ0n) is 17.3. The van der Waals surface area contributed by atoms with Crippen LogP contribution in [0.15, 0.2) is 52.8 Å². The molecule has 158 valence electrons. The molecule has 1 saturated heterocycles. The standard InChI is InChI=1S/C23H27N3O3S/c1-2-29-23(28)18-7-8-22(27)26(17-18)11-4-10-24-12-14-25(15-13-24)20-5-3-6-21-19(20)9-16-30-21/h3,5-9,16-17H,2,4,10-15H2,1H3. The lowest BCUT2D eigenvalue weighted by molar-refractivity contribution is 0.0525. The van der Waals surface area contributed by atoms with Crippen molar-refractivity contribution in [2.24, 2.45) is 0 Å². The van der Waals surface area contributed by atoms with E-state index < -0.39 is 0 Å². The van der Waals surface area contributed by atoms with Gasteiger partial charge in [0.05, 0.1) is 12.2 Å². The Kier molecular flexibility index (Phi) is 6.50. The van der Waals surface area contributed by atoms with Gasteiger partial charge in [-0.3, -0.25) is 9.69 Å². The molecule has 0 aliphatic carbocycles. The summed E-state index contributed by atoms with van der Waals surface area (Å²) in [6.45, 7) is 7.67. The van der Waals surface area contributed by atoms with Crippen molar-refractivity contribution < 1.29 is 9.53 Å². The number of aryl methyl sites for hydroxylation is 1. The van der Waals surface area contributed by atoms with Crippen LogP contribution in [0.5, 0.6) is 0 Å². The number of piperazine rings is 1. The molecule has 30 heavy (non-hydrogen) atoms. The number of nitrogens with zero attached hydrogens (tertiary/aromatic N) is 3. The molecule has 1 fully saturated rings. The van der Waals surface area contributed by atoms with E-state index in [4.69, 9.17) is 4.74 Å². The van der Waals surface area contributed by atoms with Gasteiger partial charge < -0.3 is 14.2 Å². The lowest BCUT2D eigenvalue weighted by Crippen LogP contribution is -2.46. The molecule has 7 heteroatoms. The molecule has 0 N–H and O–H groups in total. The van der Waals surface area contributed by atoms with Crippen LogP contribution < -0.4 is 10.5 Å². The van der Waals surface area contributed by atoms with Gasteiger partial charge in [-0.15, -0.1) is 11.3 Å². The highest BCUT2D eigenvalue weighted by atomic mass is 32.1. The minimum atomic E-state index is -0.386. The fourth-order valence-electron chi connectivity index (χ4n) is 3.97. The summed E-state index contributed by atoms with van der Waals surface area (Å²) in [6, 6.07) is 11.7. The first kappa shape index (κ1) is 20.6. The number of carbonyl (C=O) groups excluding carboxylic acids is 1. The molecule has 0 saturated carbocycles. The summed E-state index contributed by atoms with van der Waals surface area (Å²) in [5.74, 6) is -0.386. The predicted octanol–water partition coefficient (Wildman–Crippen LogP) is 3.45. The summed E-state index contributed by atoms with van der Waals surface area (Å²) in [6.07, 6.45) is 2.48. The number of ether oxygens (including phenoxy) is 1. The third kappa shape index (κ3) is 4.57. The first-order valence-corrected chi connectivity index (χ1v) is 11.3. The topological polar surface area (TPSA) is 54.8 Å². The summed E-state index contributed by atoms with van der Waals surface area (Å²) in [4.78, 5) is 28.9. The normalized spacial score (nSPS) is 14.9. The smallest absolute Gasteiger partial charge is 0.339 e. The van der Waals surface area contributed by atoms with E-state index in [1.54, 1.807) is 29.0 Å². The lowest BCUT2D eigenvalue weighted by Gasteiger charge is -2.36. The van der Waals surface area contributed by atoms with E-state index in [0.29, 0.717) is 18.7 Å². The Morgan fingerprint density at radius 3 is 2.70 bits per heavy atom. The van der Waals surface area contributed by atoms with Gasteiger partial charge >= 0.3 is 5.97 Å². The van der Waals surface area contributed by atoms with E-state index >= 15 is 0 Å². The van der Waals surface area contributed by atoms with Crippen molar-refractivity contribution in [2.75, 3.05) is 44.2 Å². The minimum absolute atomic E-state index is 0.0864. The molecular weight excluding hydrogens is 398 g/mol. The van der Waals surface area contributed by atoms with Crippen molar-refractivity contribution in [3.8, 4) is 0 Å². The quantitative estimate of drug-likeness (QED) is 0.543. The van der Waals surface area contributed by atoms with Gasteiger partial charge in [-0.25, -0.2) is 4.79 Å². The van der Waals surface area contributed by atoms with Crippen molar-refractivity contribution >= 4 is 33.1 Å². The molecule has 2 aromatic heterocycles. The SMILES string of the molecule is CCOC(=O)c1ccc(=O)n(CCCN2CCN(c3cccc4sccc34)CC2)c1. The molecular formula is C23H27N3O3S. The number of esters is 1. The van der Waals surface area contributed by atoms with Gasteiger partial charge in [-0.05, 0) is 49.5 Å². The number of anilines is 1. The number of carbonyl (C=O) groups is 1. The molecule has 0 atom stereocenters. The fourth-order valence-corrected chi connectivity index (χ4v) is 4.78. The molecule has 0 radical (unpaired) electrons. The average Bonchev–Trinajstić information content (AvgIpc) is 3.25. The van der Waals surface area contributed by atoms with Gasteiger partial charge in [0.2, 0.25) is 0 Å². The fraction of sp³-hybridized carbons (Fsp3) is 0.391. The lowest BCUT2D eigenvalue weighted by atomic mass is 10.2. The Hall–Kier alpha value is -2.64. The maximum atomic E-state index is 12.1. The van der Waals surface area contributed by atoms with E-state index in [1.807, 2.05) is 0 Å². The Morgan fingerprint density at radius 1 is 1.07 bits per heavy atom. The largest absolute Gasteiger partial charge is 0.462 e. The zero-order valence-corrected chi connectivity index (χ0v) is 18.1. The number of pyridine rings is 1. The van der Waals surface area contributed by atoms with Gasteiger partial charge in [-0.2, -0.15) is 0 Å². The van der Waals surface area contributed by atoms with Crippen molar-refractivity contribution in [3.63, 3.8) is 0 Å². The van der Waals surface area contributed by atoms with Gasteiger partial charge in [0.25, 0.3) is 5.56 Å². The maximum Gasteiger partial charge on any atom is 0.339 e. The van der Waals surface area contributed by atoms with Crippen molar-refractivity contribution in [1.29, 1.82) is 0 Å². The Balaban J connectivity index is 1.29. The predicted molar refractivity (Wildman–Crippen MR) is 122 cm³/mol. The molecule has 0 spiro atoms. The highest BCUT2D eigenvalue weighted by Crippen LogP contribution is 2.31. The highest BCUT2D eigenvalue weighted by molar-refractivity contribution is 7.17. The molecule has 0 amide bonds. The first-order valence-electron chi connectivity index (χ1n) is 10.5. The average molecular weight is 426 g/mol. The second-order valence-electron chi connectivity index (χ2n) is 7.46. The van der Waals surface area contributed by atoms with Crippen molar-refractivity contribution in [3.05, 3.63) is 63.9 Å². The van der Waals surface area contributed by atoms with E-state index in [9.17, 15) is 9.59 Å². The summed E-state index contributed by atoms with van der Waals surface area (Å²) >= 11 is 1.79. The van der Waals surface area contributed by atoms with Crippen LogP contribution in [0.4, 0.5) is 5.69 Å². The monoisotopic (exact) mass is 425 g/mol. The van der Waals surface area contributed by atoms with Crippen LogP contribution in [-0.2, 0) is 11.3 Å². The van der Waals surface area contributed by atoms with Crippen LogP contribution in [0.25, 0.3) is 10.1 Å². The summed E-state index contributed by atoms with van der Waals surface area (Å²) in [5, 5.41) is 3.50. The highest BCUT2D eigenvalue weighted by Gasteiger charge is 2.18. The van der Waals surface area contributed by atoms with Crippen LogP contribution >= 0.6 is 11.3 Å². The van der Waals surface area contributed by atoms with Crippen molar-refractivity contribution in [2.45, 2.75) is 19.9 Å². The summed E-state index contributed by atoms with van der Waals surface area (Å²) < 4.78 is 7.97. The van der Waals surface area contributed by atoms with Gasteiger partial charge in [0.1, 0.15) is 0 Å². The third-order valence-electron chi connectivity index (χ3n) is 5.55.